The van der Waals surface area contributed by atoms with Crippen molar-refractivity contribution >= 4 is 10.1 Å². The summed E-state index contributed by atoms with van der Waals surface area (Å²) in [5.74, 6) is -0.314. The zero-order valence-corrected chi connectivity index (χ0v) is 10.5. The minimum absolute atomic E-state index is 0.314. The summed E-state index contributed by atoms with van der Waals surface area (Å²) in [6.07, 6.45) is 1.11. The summed E-state index contributed by atoms with van der Waals surface area (Å²) in [4.78, 5) is 2.65. The van der Waals surface area contributed by atoms with Crippen LogP contribution in [0.3, 0.4) is 0 Å². The Hall–Kier alpha value is -0.820. The summed E-state index contributed by atoms with van der Waals surface area (Å²) < 4.78 is 31.8. The molecule has 0 saturated heterocycles. The Bertz CT molecular complexity index is 346. The maximum Gasteiger partial charge on any atom is 0.0948 e. The van der Waals surface area contributed by atoms with Gasteiger partial charge in [-0.3, -0.25) is 0 Å². The molecule has 0 aromatic heterocycles. The molecule has 0 spiro atoms. The van der Waals surface area contributed by atoms with E-state index in [1.54, 1.807) is 0 Å². The Morgan fingerprint density at radius 3 is 2.38 bits per heavy atom. The third-order valence-corrected chi connectivity index (χ3v) is 3.03. The molecule has 0 radical (unpaired) electrons. The fourth-order valence-corrected chi connectivity index (χ4v) is 1.88. The van der Waals surface area contributed by atoms with Gasteiger partial charge < -0.3 is 9.04 Å². The Labute approximate surface area is 96.0 Å². The quantitative estimate of drug-likeness (QED) is 0.158. The summed E-state index contributed by atoms with van der Waals surface area (Å²) in [7, 11) is -0.198. The van der Waals surface area contributed by atoms with Gasteiger partial charge in [-0.05, 0) is 5.53 Å². The third-order valence-electron chi connectivity index (χ3n) is 2.24. The standard InChI is InChI=1S/C8H18N4O3S/c1-12(2,6-3-5-10-11-9)7-4-8-16(13,14)15/h3-8H2,1-2H3. The Morgan fingerprint density at radius 2 is 1.88 bits per heavy atom. The lowest BCUT2D eigenvalue weighted by atomic mass is 10.3. The van der Waals surface area contributed by atoms with E-state index >= 15 is 0 Å². The monoisotopic (exact) mass is 250 g/mol. The molecule has 8 heteroatoms. The predicted octanol–water partition coefficient (Wildman–Crippen LogP) is 0.699. The van der Waals surface area contributed by atoms with Crippen molar-refractivity contribution in [1.29, 1.82) is 0 Å². The van der Waals surface area contributed by atoms with Crippen LogP contribution in [0.2, 0.25) is 0 Å². The zero-order valence-electron chi connectivity index (χ0n) is 9.66. The van der Waals surface area contributed by atoms with Crippen LogP contribution in [0.4, 0.5) is 0 Å². The second-order valence-electron chi connectivity index (χ2n) is 4.31. The van der Waals surface area contributed by atoms with E-state index in [4.69, 9.17) is 5.53 Å². The summed E-state index contributed by atoms with van der Waals surface area (Å²) in [5.41, 5.74) is 8.08. The number of azide groups is 1. The van der Waals surface area contributed by atoms with E-state index in [1.165, 1.54) is 0 Å². The summed E-state index contributed by atoms with van der Waals surface area (Å²) >= 11 is 0. The topological polar surface area (TPSA) is 106 Å². The molecule has 0 fully saturated rings. The number of hydrogen-bond acceptors (Lipinski definition) is 4. The molecule has 0 unspecified atom stereocenters. The molecular formula is C8H18N4O3S. The largest absolute Gasteiger partial charge is 0.748 e. The normalized spacial score (nSPS) is 12.2. The Kier molecular flexibility index (Phi) is 6.35. The van der Waals surface area contributed by atoms with E-state index in [0.717, 1.165) is 13.0 Å². The van der Waals surface area contributed by atoms with Crippen molar-refractivity contribution in [2.24, 2.45) is 5.11 Å². The van der Waals surface area contributed by atoms with Crippen molar-refractivity contribution in [1.82, 2.24) is 0 Å². The van der Waals surface area contributed by atoms with Gasteiger partial charge in [0, 0.05) is 30.1 Å². The molecule has 0 heterocycles. The Morgan fingerprint density at radius 1 is 1.31 bits per heavy atom. The van der Waals surface area contributed by atoms with Crippen molar-refractivity contribution in [2.75, 3.05) is 39.5 Å². The van der Waals surface area contributed by atoms with Crippen LogP contribution in [0.1, 0.15) is 12.8 Å². The summed E-state index contributed by atoms with van der Waals surface area (Å²) in [6, 6.07) is 0. The smallest absolute Gasteiger partial charge is 0.0948 e. The zero-order chi connectivity index (χ0) is 12.7. The van der Waals surface area contributed by atoms with E-state index in [0.29, 0.717) is 24.0 Å². The van der Waals surface area contributed by atoms with E-state index in [9.17, 15) is 13.0 Å². The molecule has 0 aromatic rings. The van der Waals surface area contributed by atoms with Gasteiger partial charge in [0.05, 0.1) is 37.3 Å². The van der Waals surface area contributed by atoms with Gasteiger partial charge in [-0.1, -0.05) is 5.11 Å². The molecule has 0 aliphatic heterocycles. The molecule has 0 amide bonds. The van der Waals surface area contributed by atoms with Gasteiger partial charge in [0.1, 0.15) is 0 Å². The first kappa shape index (κ1) is 15.2. The maximum atomic E-state index is 10.4. The van der Waals surface area contributed by atoms with Gasteiger partial charge in [0.15, 0.2) is 0 Å². The molecule has 16 heavy (non-hydrogen) atoms. The Balaban J connectivity index is 3.82. The predicted molar refractivity (Wildman–Crippen MR) is 59.7 cm³/mol. The first-order chi connectivity index (χ1) is 7.27. The van der Waals surface area contributed by atoms with Crippen molar-refractivity contribution < 1.29 is 17.5 Å². The minimum Gasteiger partial charge on any atom is -0.748 e. The number of quaternary nitrogens is 1. The third kappa shape index (κ3) is 9.72. The molecule has 0 aliphatic rings. The van der Waals surface area contributed by atoms with Gasteiger partial charge in [-0.2, -0.15) is 0 Å². The lowest BCUT2D eigenvalue weighted by molar-refractivity contribution is -0.890. The molecule has 0 rings (SSSR count). The highest BCUT2D eigenvalue weighted by Crippen LogP contribution is 2.03. The first-order valence-electron chi connectivity index (χ1n) is 5.03. The fraction of sp³-hybridized carbons (Fsp3) is 1.00. The van der Waals surface area contributed by atoms with Crippen molar-refractivity contribution in [2.45, 2.75) is 12.8 Å². The van der Waals surface area contributed by atoms with Gasteiger partial charge >= 0.3 is 0 Å². The average molecular weight is 250 g/mol. The number of nitrogens with zero attached hydrogens (tertiary/aromatic N) is 4. The van der Waals surface area contributed by atoms with Gasteiger partial charge in [0.2, 0.25) is 0 Å². The summed E-state index contributed by atoms with van der Waals surface area (Å²) in [5, 5.41) is 3.42. The lowest BCUT2D eigenvalue weighted by Gasteiger charge is -2.29. The van der Waals surface area contributed by atoms with E-state index < -0.39 is 10.1 Å². The van der Waals surface area contributed by atoms with Crippen LogP contribution in [-0.4, -0.2) is 56.9 Å². The molecule has 94 valence electrons. The second kappa shape index (κ2) is 6.70. The van der Waals surface area contributed by atoms with E-state index in [1.807, 2.05) is 14.1 Å². The van der Waals surface area contributed by atoms with Crippen molar-refractivity contribution in [3.8, 4) is 0 Å². The van der Waals surface area contributed by atoms with Crippen LogP contribution >= 0.6 is 0 Å². The minimum atomic E-state index is -4.10. The molecule has 0 aliphatic carbocycles. The van der Waals surface area contributed by atoms with Crippen LogP contribution < -0.4 is 0 Å². The van der Waals surface area contributed by atoms with Gasteiger partial charge in [-0.15, -0.1) is 0 Å². The molecular weight excluding hydrogens is 232 g/mol. The SMILES string of the molecule is C[N+](C)(CCCN=[N+]=[N-])CCCS(=O)(=O)[O-]. The molecule has 0 N–H and O–H groups in total. The highest BCUT2D eigenvalue weighted by atomic mass is 32.2. The molecule has 7 nitrogen and oxygen atoms in total. The fourth-order valence-electron chi connectivity index (χ4n) is 1.40. The van der Waals surface area contributed by atoms with Crippen LogP contribution in [0, 0.1) is 0 Å². The molecule has 0 bridgehead atoms. The van der Waals surface area contributed by atoms with Crippen LogP contribution in [0.5, 0.6) is 0 Å². The van der Waals surface area contributed by atoms with E-state index in [2.05, 4.69) is 10.0 Å². The molecule has 0 aromatic carbocycles. The highest BCUT2D eigenvalue weighted by Gasteiger charge is 2.14. The number of hydrogen-bond donors (Lipinski definition) is 0. The van der Waals surface area contributed by atoms with Gasteiger partial charge in [-0.25, -0.2) is 8.42 Å². The second-order valence-corrected chi connectivity index (χ2v) is 5.83. The highest BCUT2D eigenvalue weighted by molar-refractivity contribution is 7.85. The van der Waals surface area contributed by atoms with Crippen molar-refractivity contribution in [3.63, 3.8) is 0 Å². The summed E-state index contributed by atoms with van der Waals surface area (Å²) in [6.45, 7) is 1.85. The van der Waals surface area contributed by atoms with Crippen LogP contribution in [-0.2, 0) is 10.1 Å². The maximum absolute atomic E-state index is 10.4. The molecule has 0 saturated carbocycles. The van der Waals surface area contributed by atoms with E-state index in [-0.39, 0.29) is 5.75 Å². The van der Waals surface area contributed by atoms with Crippen LogP contribution in [0.25, 0.3) is 10.4 Å². The average Bonchev–Trinajstić information content (AvgIpc) is 2.10. The lowest BCUT2D eigenvalue weighted by Crippen LogP contribution is -2.42. The molecule has 0 atom stereocenters. The van der Waals surface area contributed by atoms with Crippen LogP contribution in [0.15, 0.2) is 5.11 Å². The van der Waals surface area contributed by atoms with Crippen molar-refractivity contribution in [3.05, 3.63) is 10.4 Å². The number of rotatable bonds is 8. The van der Waals surface area contributed by atoms with Gasteiger partial charge in [0.25, 0.3) is 0 Å². The first-order valence-corrected chi connectivity index (χ1v) is 6.61.